The third kappa shape index (κ3) is 1.87. The average Bonchev–Trinajstić information content (AvgIpc) is 2.28. The molecule has 0 radical (unpaired) electrons. The van der Waals surface area contributed by atoms with Crippen molar-refractivity contribution in [3.63, 3.8) is 0 Å². The minimum absolute atomic E-state index is 0.0136. The summed E-state index contributed by atoms with van der Waals surface area (Å²) in [5, 5.41) is 3.63. The highest BCUT2D eigenvalue weighted by Crippen LogP contribution is 2.28. The SMILES string of the molecule is CC1(C)OCCC1NC1CC(N)C1. The molecule has 0 aromatic carbocycles. The van der Waals surface area contributed by atoms with E-state index >= 15 is 0 Å². The lowest BCUT2D eigenvalue weighted by atomic mass is 9.85. The molecule has 3 heteroatoms. The van der Waals surface area contributed by atoms with Crippen molar-refractivity contribution in [2.75, 3.05) is 6.61 Å². The molecular formula is C10H20N2O. The molecule has 3 nitrogen and oxygen atoms in total. The Bertz CT molecular complexity index is 187. The first-order chi connectivity index (χ1) is 6.08. The smallest absolute Gasteiger partial charge is 0.0779 e. The Morgan fingerprint density at radius 3 is 2.54 bits per heavy atom. The van der Waals surface area contributed by atoms with Crippen molar-refractivity contribution < 1.29 is 4.74 Å². The Kier molecular flexibility index (Phi) is 2.34. The molecule has 2 rings (SSSR count). The molecule has 3 N–H and O–H groups in total. The van der Waals surface area contributed by atoms with Crippen LogP contribution in [0.15, 0.2) is 0 Å². The third-order valence-corrected chi connectivity index (χ3v) is 3.33. The summed E-state index contributed by atoms with van der Waals surface area (Å²) in [4.78, 5) is 0. The van der Waals surface area contributed by atoms with E-state index in [-0.39, 0.29) is 5.60 Å². The lowest BCUT2D eigenvalue weighted by Crippen LogP contribution is -2.55. The van der Waals surface area contributed by atoms with Gasteiger partial charge in [0.1, 0.15) is 0 Å². The zero-order valence-electron chi connectivity index (χ0n) is 8.55. The van der Waals surface area contributed by atoms with Crippen LogP contribution in [-0.4, -0.2) is 30.3 Å². The predicted octanol–water partition coefficient (Wildman–Crippen LogP) is 0.633. The quantitative estimate of drug-likeness (QED) is 0.662. The Balaban J connectivity index is 1.81. The maximum Gasteiger partial charge on any atom is 0.0779 e. The van der Waals surface area contributed by atoms with Crippen molar-refractivity contribution >= 4 is 0 Å². The van der Waals surface area contributed by atoms with E-state index in [1.54, 1.807) is 0 Å². The van der Waals surface area contributed by atoms with E-state index in [1.807, 2.05) is 0 Å². The number of rotatable bonds is 2. The summed E-state index contributed by atoms with van der Waals surface area (Å²) in [6.07, 6.45) is 3.40. The molecule has 0 aromatic rings. The van der Waals surface area contributed by atoms with E-state index in [9.17, 15) is 0 Å². The standard InChI is InChI=1S/C10H20N2O/c1-10(2)9(3-4-13-10)12-8-5-7(11)6-8/h7-9,12H,3-6,11H2,1-2H3. The van der Waals surface area contributed by atoms with E-state index in [1.165, 1.54) is 0 Å². The molecule has 1 aliphatic carbocycles. The Labute approximate surface area is 80.0 Å². The highest BCUT2D eigenvalue weighted by atomic mass is 16.5. The van der Waals surface area contributed by atoms with Crippen molar-refractivity contribution in [3.8, 4) is 0 Å². The lowest BCUT2D eigenvalue weighted by molar-refractivity contribution is 0.0166. The largest absolute Gasteiger partial charge is 0.374 e. The van der Waals surface area contributed by atoms with Crippen molar-refractivity contribution in [2.24, 2.45) is 5.73 Å². The molecule has 76 valence electrons. The Morgan fingerprint density at radius 2 is 2.08 bits per heavy atom. The number of ether oxygens (including phenoxy) is 1. The van der Waals surface area contributed by atoms with Gasteiger partial charge in [0.15, 0.2) is 0 Å². The summed E-state index contributed by atoms with van der Waals surface area (Å²) in [5.74, 6) is 0. The van der Waals surface area contributed by atoms with Crippen LogP contribution in [0, 0.1) is 0 Å². The van der Waals surface area contributed by atoms with Gasteiger partial charge in [-0.2, -0.15) is 0 Å². The maximum atomic E-state index is 5.74. The topological polar surface area (TPSA) is 47.3 Å². The van der Waals surface area contributed by atoms with Crippen LogP contribution in [0.3, 0.4) is 0 Å². The summed E-state index contributed by atoms with van der Waals surface area (Å²) in [6.45, 7) is 5.22. The molecule has 1 heterocycles. The number of nitrogens with one attached hydrogen (secondary N) is 1. The second-order valence-electron chi connectivity index (χ2n) is 4.89. The molecule has 1 saturated heterocycles. The minimum Gasteiger partial charge on any atom is -0.374 e. The fraction of sp³-hybridized carbons (Fsp3) is 1.00. The Hall–Kier alpha value is -0.120. The molecule has 1 saturated carbocycles. The van der Waals surface area contributed by atoms with Gasteiger partial charge in [0.2, 0.25) is 0 Å². The first-order valence-corrected chi connectivity index (χ1v) is 5.23. The summed E-state index contributed by atoms with van der Waals surface area (Å²) >= 11 is 0. The van der Waals surface area contributed by atoms with Crippen LogP contribution >= 0.6 is 0 Å². The predicted molar refractivity (Wildman–Crippen MR) is 52.6 cm³/mol. The second-order valence-corrected chi connectivity index (χ2v) is 4.89. The van der Waals surface area contributed by atoms with Gasteiger partial charge in [-0.3, -0.25) is 0 Å². The van der Waals surface area contributed by atoms with Gasteiger partial charge in [-0.05, 0) is 33.1 Å². The van der Waals surface area contributed by atoms with Crippen LogP contribution in [0.25, 0.3) is 0 Å². The monoisotopic (exact) mass is 184 g/mol. The summed E-state index contributed by atoms with van der Waals surface area (Å²) in [6, 6.07) is 1.59. The number of nitrogens with two attached hydrogens (primary N) is 1. The van der Waals surface area contributed by atoms with Gasteiger partial charge in [0.25, 0.3) is 0 Å². The van der Waals surface area contributed by atoms with Gasteiger partial charge in [0.05, 0.1) is 5.60 Å². The molecule has 2 aliphatic rings. The maximum absolute atomic E-state index is 5.74. The van der Waals surface area contributed by atoms with Crippen LogP contribution in [0.2, 0.25) is 0 Å². The minimum atomic E-state index is 0.0136. The zero-order chi connectivity index (χ0) is 9.47. The molecule has 1 atom stereocenters. The first-order valence-electron chi connectivity index (χ1n) is 5.23. The second kappa shape index (κ2) is 3.23. The van der Waals surface area contributed by atoms with E-state index in [2.05, 4.69) is 19.2 Å². The highest BCUT2D eigenvalue weighted by Gasteiger charge is 2.38. The molecule has 0 aromatic heterocycles. The van der Waals surface area contributed by atoms with Crippen molar-refractivity contribution in [2.45, 2.75) is 56.8 Å². The van der Waals surface area contributed by atoms with Gasteiger partial charge >= 0.3 is 0 Å². The molecule has 13 heavy (non-hydrogen) atoms. The highest BCUT2D eigenvalue weighted by molar-refractivity contribution is 4.96. The average molecular weight is 184 g/mol. The summed E-state index contributed by atoms with van der Waals surface area (Å²) in [7, 11) is 0. The molecule has 0 spiro atoms. The molecule has 0 bridgehead atoms. The van der Waals surface area contributed by atoms with Crippen LogP contribution in [-0.2, 0) is 4.74 Å². The Morgan fingerprint density at radius 1 is 1.38 bits per heavy atom. The third-order valence-electron chi connectivity index (χ3n) is 3.33. The number of hydrogen-bond acceptors (Lipinski definition) is 3. The van der Waals surface area contributed by atoms with E-state index in [0.717, 1.165) is 25.9 Å². The molecule has 2 fully saturated rings. The van der Waals surface area contributed by atoms with Gasteiger partial charge in [-0.15, -0.1) is 0 Å². The van der Waals surface area contributed by atoms with E-state index in [4.69, 9.17) is 10.5 Å². The zero-order valence-corrected chi connectivity index (χ0v) is 8.55. The fourth-order valence-corrected chi connectivity index (χ4v) is 2.25. The summed E-state index contributed by atoms with van der Waals surface area (Å²) in [5.41, 5.74) is 5.75. The van der Waals surface area contributed by atoms with Gasteiger partial charge in [0, 0.05) is 24.7 Å². The molecular weight excluding hydrogens is 164 g/mol. The van der Waals surface area contributed by atoms with E-state index < -0.39 is 0 Å². The van der Waals surface area contributed by atoms with Crippen LogP contribution in [0.4, 0.5) is 0 Å². The van der Waals surface area contributed by atoms with E-state index in [0.29, 0.717) is 18.1 Å². The normalized spacial score (nSPS) is 43.2. The summed E-state index contributed by atoms with van der Waals surface area (Å²) < 4.78 is 5.66. The van der Waals surface area contributed by atoms with Crippen LogP contribution in [0.1, 0.15) is 33.1 Å². The van der Waals surface area contributed by atoms with Crippen LogP contribution in [0.5, 0.6) is 0 Å². The van der Waals surface area contributed by atoms with Crippen molar-refractivity contribution in [3.05, 3.63) is 0 Å². The van der Waals surface area contributed by atoms with Crippen molar-refractivity contribution in [1.82, 2.24) is 5.32 Å². The fourth-order valence-electron chi connectivity index (χ4n) is 2.25. The van der Waals surface area contributed by atoms with Crippen LogP contribution < -0.4 is 11.1 Å². The van der Waals surface area contributed by atoms with Crippen molar-refractivity contribution in [1.29, 1.82) is 0 Å². The lowest BCUT2D eigenvalue weighted by Gasteiger charge is -2.38. The first kappa shape index (κ1) is 9.44. The molecule has 1 aliphatic heterocycles. The van der Waals surface area contributed by atoms with Gasteiger partial charge in [-0.25, -0.2) is 0 Å². The number of hydrogen-bond donors (Lipinski definition) is 2. The molecule has 1 unspecified atom stereocenters. The van der Waals surface area contributed by atoms with Gasteiger partial charge < -0.3 is 15.8 Å². The molecule has 0 amide bonds. The van der Waals surface area contributed by atoms with Gasteiger partial charge in [-0.1, -0.05) is 0 Å².